The third kappa shape index (κ3) is 5.45. The number of ether oxygens (including phenoxy) is 2. The number of likely N-dealkylation sites (tertiary alicyclic amines) is 1. The third-order valence-corrected chi connectivity index (χ3v) is 10.1. The van der Waals surface area contributed by atoms with E-state index < -0.39 is 0 Å². The summed E-state index contributed by atoms with van der Waals surface area (Å²) >= 11 is 0. The number of para-hydroxylation sites is 1. The number of hydrogen-bond donors (Lipinski definition) is 0. The number of benzene rings is 3. The summed E-state index contributed by atoms with van der Waals surface area (Å²) in [6, 6.07) is 24.5. The van der Waals surface area contributed by atoms with Crippen LogP contribution in [0.25, 0.3) is 5.57 Å². The predicted molar refractivity (Wildman–Crippen MR) is 169 cm³/mol. The molecule has 1 saturated heterocycles. The number of methoxy groups -OCH3 is 1. The first-order valence-corrected chi connectivity index (χ1v) is 15.5. The number of nitrogens with zero attached hydrogens (tertiary/aromatic N) is 2. The number of likely N-dealkylation sites (N-methyl/N-ethyl adjacent to an activating group) is 1. The van der Waals surface area contributed by atoms with Gasteiger partial charge in [0.2, 0.25) is 0 Å². The Morgan fingerprint density at radius 3 is 2.61 bits per heavy atom. The molecule has 1 saturated carbocycles. The molecule has 0 aromatic heterocycles. The van der Waals surface area contributed by atoms with Crippen molar-refractivity contribution in [3.05, 3.63) is 101 Å². The van der Waals surface area contributed by atoms with E-state index in [-0.39, 0.29) is 0 Å². The van der Waals surface area contributed by atoms with Crippen LogP contribution in [-0.4, -0.2) is 57.2 Å². The Balaban J connectivity index is 0.000000148. The molecule has 3 atom stereocenters. The number of hydrogen-bond acceptors (Lipinski definition) is 4. The summed E-state index contributed by atoms with van der Waals surface area (Å²) in [6.07, 6.45) is 11.6. The molecule has 2 aliphatic carbocycles. The Bertz CT molecular complexity index is 1350. The van der Waals surface area contributed by atoms with Gasteiger partial charge in [-0.1, -0.05) is 67.4 Å². The van der Waals surface area contributed by atoms with Gasteiger partial charge in [-0.2, -0.15) is 0 Å². The van der Waals surface area contributed by atoms with Gasteiger partial charge in [0.15, 0.2) is 0 Å². The van der Waals surface area contributed by atoms with E-state index in [0.717, 1.165) is 36.4 Å². The molecule has 0 amide bonds. The van der Waals surface area contributed by atoms with E-state index in [1.54, 1.807) is 18.2 Å². The Hall–Kier alpha value is -3.08. The minimum atomic E-state index is 0.456. The molecule has 216 valence electrons. The molecular formula is C37H46N2O2. The van der Waals surface area contributed by atoms with Crippen LogP contribution in [0.2, 0.25) is 0 Å². The molecule has 4 aliphatic rings. The maximum atomic E-state index is 5.98. The van der Waals surface area contributed by atoms with Gasteiger partial charge in [-0.25, -0.2) is 0 Å². The molecule has 7 rings (SSSR count). The summed E-state index contributed by atoms with van der Waals surface area (Å²) in [7, 11) is 8.34. The molecule has 3 aromatic carbocycles. The van der Waals surface area contributed by atoms with Crippen molar-refractivity contribution < 1.29 is 9.47 Å². The highest BCUT2D eigenvalue weighted by Crippen LogP contribution is 2.55. The normalized spacial score (nSPS) is 25.4. The first kappa shape index (κ1) is 28.1. The van der Waals surface area contributed by atoms with E-state index >= 15 is 0 Å². The van der Waals surface area contributed by atoms with Crippen molar-refractivity contribution in [3.8, 4) is 11.5 Å². The lowest BCUT2D eigenvalue weighted by atomic mass is 9.52. The molecule has 41 heavy (non-hydrogen) atoms. The van der Waals surface area contributed by atoms with E-state index in [1.165, 1.54) is 67.3 Å². The van der Waals surface area contributed by atoms with E-state index in [0.29, 0.717) is 12.0 Å². The average molecular weight is 551 g/mol. The van der Waals surface area contributed by atoms with Crippen molar-refractivity contribution in [2.45, 2.75) is 63.0 Å². The van der Waals surface area contributed by atoms with Crippen LogP contribution < -0.4 is 9.47 Å². The zero-order chi connectivity index (χ0) is 28.4. The lowest BCUT2D eigenvalue weighted by Gasteiger charge is -2.58. The predicted octanol–water partition coefficient (Wildman–Crippen LogP) is 7.35. The fourth-order valence-corrected chi connectivity index (χ4v) is 8.01. The van der Waals surface area contributed by atoms with E-state index in [2.05, 4.69) is 97.7 Å². The number of fused-ring (bicyclic) bond motifs is 3. The van der Waals surface area contributed by atoms with Crippen LogP contribution in [0, 0.1) is 5.92 Å². The zero-order valence-electron chi connectivity index (χ0n) is 25.4. The first-order chi connectivity index (χ1) is 20.0. The minimum absolute atomic E-state index is 0.456. The second-order valence-electron chi connectivity index (χ2n) is 12.7. The van der Waals surface area contributed by atoms with E-state index in [4.69, 9.17) is 9.47 Å². The Morgan fingerprint density at radius 1 is 0.976 bits per heavy atom. The molecule has 0 N–H and O–H groups in total. The standard InChI is InChI=1S/C19H21NO.C18H25NO/c1-20(2)13-7-11-17-16-9-4-3-8-15(16)14-21-19-12-6-5-10-18(17)19;1-19-10-9-18-8-4-3-5-15(18)17(19)11-13-6-7-14(20-2)12-16(13)18/h3-6,8-12H,7,13-14H2,1-2H3;6-7,12,15,17H,3-5,8-11H2,1-2H3/t;15-,17+,18+/m.1/s1. The molecule has 2 heterocycles. The fraction of sp³-hybridized carbons (Fsp3) is 0.459. The van der Waals surface area contributed by atoms with Crippen molar-refractivity contribution in [3.63, 3.8) is 0 Å². The molecule has 4 heteroatoms. The summed E-state index contributed by atoms with van der Waals surface area (Å²) in [5.41, 5.74) is 8.71. The molecule has 3 aromatic rings. The van der Waals surface area contributed by atoms with Crippen LogP contribution in [0.1, 0.15) is 66.3 Å². The maximum absolute atomic E-state index is 5.98. The van der Waals surface area contributed by atoms with E-state index in [1.807, 2.05) is 6.07 Å². The topological polar surface area (TPSA) is 24.9 Å². The Kier molecular flexibility index (Phi) is 8.23. The van der Waals surface area contributed by atoms with Gasteiger partial charge in [0, 0.05) is 23.6 Å². The lowest BCUT2D eigenvalue weighted by molar-refractivity contribution is 0.00274. The van der Waals surface area contributed by atoms with Crippen molar-refractivity contribution in [2.24, 2.45) is 5.92 Å². The van der Waals surface area contributed by atoms with E-state index in [9.17, 15) is 0 Å². The summed E-state index contributed by atoms with van der Waals surface area (Å²) in [5.74, 6) is 2.89. The molecule has 2 aliphatic heterocycles. The van der Waals surface area contributed by atoms with Crippen LogP contribution in [0.3, 0.4) is 0 Å². The molecular weight excluding hydrogens is 504 g/mol. The summed E-state index contributed by atoms with van der Waals surface area (Å²) in [5, 5.41) is 0. The van der Waals surface area contributed by atoms with Gasteiger partial charge in [-0.3, -0.25) is 0 Å². The largest absolute Gasteiger partial charge is 0.497 e. The quantitative estimate of drug-likeness (QED) is 0.339. The van der Waals surface area contributed by atoms with Gasteiger partial charge in [-0.05, 0) is 112 Å². The van der Waals surface area contributed by atoms with Gasteiger partial charge in [-0.15, -0.1) is 0 Å². The van der Waals surface area contributed by atoms with Crippen molar-refractivity contribution >= 4 is 5.57 Å². The van der Waals surface area contributed by atoms with Gasteiger partial charge >= 0.3 is 0 Å². The van der Waals surface area contributed by atoms with Crippen LogP contribution in [-0.2, 0) is 18.4 Å². The van der Waals surface area contributed by atoms with Crippen LogP contribution >= 0.6 is 0 Å². The number of rotatable bonds is 4. The summed E-state index contributed by atoms with van der Waals surface area (Å²) in [6.45, 7) is 2.95. The van der Waals surface area contributed by atoms with Crippen molar-refractivity contribution in [1.29, 1.82) is 0 Å². The highest BCUT2D eigenvalue weighted by atomic mass is 16.5. The second-order valence-corrected chi connectivity index (χ2v) is 12.7. The Morgan fingerprint density at radius 2 is 1.78 bits per heavy atom. The third-order valence-electron chi connectivity index (χ3n) is 10.1. The molecule has 0 unspecified atom stereocenters. The molecule has 2 fully saturated rings. The summed E-state index contributed by atoms with van der Waals surface area (Å²) < 4.78 is 11.5. The monoisotopic (exact) mass is 550 g/mol. The fourth-order valence-electron chi connectivity index (χ4n) is 8.01. The number of piperidine rings is 1. The van der Waals surface area contributed by atoms with Crippen molar-refractivity contribution in [1.82, 2.24) is 9.80 Å². The van der Waals surface area contributed by atoms with Gasteiger partial charge in [0.25, 0.3) is 0 Å². The zero-order valence-corrected chi connectivity index (χ0v) is 25.4. The van der Waals surface area contributed by atoms with Crippen LogP contribution in [0.15, 0.2) is 72.8 Å². The lowest BCUT2D eigenvalue weighted by Crippen LogP contribution is -2.59. The first-order valence-electron chi connectivity index (χ1n) is 15.5. The SMILES string of the molecule is CN(C)CCC=C1c2ccccc2COc2ccccc21.COc1ccc2c(c1)[C@]13CCCC[C@@H]1[C@H](C2)N(C)CC3. The van der Waals surface area contributed by atoms with Crippen LogP contribution in [0.4, 0.5) is 0 Å². The minimum Gasteiger partial charge on any atom is -0.497 e. The average Bonchev–Trinajstić information content (AvgIpc) is 3.16. The smallest absolute Gasteiger partial charge is 0.127 e. The van der Waals surface area contributed by atoms with Crippen LogP contribution in [0.5, 0.6) is 11.5 Å². The highest BCUT2D eigenvalue weighted by molar-refractivity contribution is 5.84. The Labute approximate surface area is 247 Å². The van der Waals surface area contributed by atoms with Crippen molar-refractivity contribution in [2.75, 3.05) is 41.3 Å². The highest BCUT2D eigenvalue weighted by Gasteiger charge is 2.53. The molecule has 0 spiro atoms. The molecule has 2 bridgehead atoms. The van der Waals surface area contributed by atoms with Gasteiger partial charge < -0.3 is 19.3 Å². The second kappa shape index (κ2) is 12.0. The molecule has 0 radical (unpaired) electrons. The summed E-state index contributed by atoms with van der Waals surface area (Å²) in [4.78, 5) is 4.84. The van der Waals surface area contributed by atoms with Gasteiger partial charge in [0.1, 0.15) is 18.1 Å². The van der Waals surface area contributed by atoms with Gasteiger partial charge in [0.05, 0.1) is 7.11 Å². The maximum Gasteiger partial charge on any atom is 0.127 e. The molecule has 4 nitrogen and oxygen atoms in total.